The Kier molecular flexibility index (Phi) is 15.2. The van der Waals surface area contributed by atoms with Crippen LogP contribution in [0, 0.1) is 0 Å². The standard InChI is InChI=1S/6ClH.3Na.Rh/h6*1H;;;;/q;;;;;;;;;+6/p-6. The molecule has 54 valence electrons. The van der Waals surface area contributed by atoms with Gasteiger partial charge in [0.1, 0.15) is 0 Å². The average molecular weight is 385 g/mol. The van der Waals surface area contributed by atoms with E-state index in [9.17, 15) is 0 Å². The van der Waals surface area contributed by atoms with Gasteiger partial charge >= 0.3 is 64.6 Å². The van der Waals surface area contributed by atoms with E-state index in [1.807, 2.05) is 0 Å². The van der Waals surface area contributed by atoms with Crippen molar-refractivity contribution in [2.45, 2.75) is 0 Å². The molecule has 10 heavy (non-hydrogen) atoms. The SMILES string of the molecule is [Cl][Rh]([Cl])([Cl])([Cl])([Cl])[Cl].[Na].[Na].[Na]. The average Bonchev–Trinajstić information content (AvgIpc) is 0.592. The smallest absolute Gasteiger partial charge is 0 e. The van der Waals surface area contributed by atoms with E-state index in [0.717, 1.165) is 0 Å². The minimum absolute atomic E-state index is 0. The second-order valence-corrected chi connectivity index (χ2v) is 38.0. The van der Waals surface area contributed by atoms with Crippen LogP contribution in [0.15, 0.2) is 0 Å². The summed E-state index contributed by atoms with van der Waals surface area (Å²) in [6.07, 6.45) is 0. The summed E-state index contributed by atoms with van der Waals surface area (Å²) in [4.78, 5) is 0. The van der Waals surface area contributed by atoms with Crippen molar-refractivity contribution in [3.8, 4) is 0 Å². The summed E-state index contributed by atoms with van der Waals surface area (Å²) in [7, 11) is 30.2. The van der Waals surface area contributed by atoms with Crippen LogP contribution in [-0.2, 0) is 6.48 Å². The van der Waals surface area contributed by atoms with Gasteiger partial charge in [-0.1, -0.05) is 0 Å². The maximum absolute atomic E-state index is 5.15. The van der Waals surface area contributed by atoms with E-state index in [4.69, 9.17) is 58.1 Å². The monoisotopic (exact) mass is 382 g/mol. The van der Waals surface area contributed by atoms with Gasteiger partial charge in [0.15, 0.2) is 0 Å². The van der Waals surface area contributed by atoms with Crippen molar-refractivity contribution in [3.05, 3.63) is 0 Å². The van der Waals surface area contributed by atoms with Crippen LogP contribution in [0.25, 0.3) is 0 Å². The van der Waals surface area contributed by atoms with E-state index in [2.05, 4.69) is 0 Å². The fourth-order valence-electron chi connectivity index (χ4n) is 0. The number of hydrogen-bond acceptors (Lipinski definition) is 0. The Bertz CT molecular complexity index is 71.6. The van der Waals surface area contributed by atoms with Gasteiger partial charge in [-0.05, 0) is 0 Å². The van der Waals surface area contributed by atoms with E-state index in [1.54, 1.807) is 0 Å². The van der Waals surface area contributed by atoms with Crippen LogP contribution < -0.4 is 0 Å². The molecule has 0 N–H and O–H groups in total. The molecule has 0 atom stereocenters. The van der Waals surface area contributed by atoms with Gasteiger partial charge in [0.25, 0.3) is 0 Å². The minimum atomic E-state index is -5.15. The van der Waals surface area contributed by atoms with Crippen molar-refractivity contribution in [3.63, 3.8) is 0 Å². The van der Waals surface area contributed by atoms with Gasteiger partial charge in [-0.15, -0.1) is 0 Å². The molecule has 0 amide bonds. The third-order valence-electron chi connectivity index (χ3n) is 0. The van der Waals surface area contributed by atoms with E-state index < -0.39 is 6.48 Å². The maximum atomic E-state index is 5.04. The molecule has 10 heteroatoms. The zero-order valence-electron chi connectivity index (χ0n) is 5.60. The van der Waals surface area contributed by atoms with Crippen molar-refractivity contribution in [1.29, 1.82) is 0 Å². The quantitative estimate of drug-likeness (QED) is 0.563. The molecule has 0 aromatic heterocycles. The molecule has 0 fully saturated rings. The normalized spacial score (nSPS) is 16.2. The van der Waals surface area contributed by atoms with Gasteiger partial charge in [-0.2, -0.15) is 0 Å². The Hall–Kier alpha value is 5.36. The Balaban J connectivity index is -0.0000000600. The zero-order valence-corrected chi connectivity index (χ0v) is 17.8. The van der Waals surface area contributed by atoms with Crippen LogP contribution in [0.2, 0.25) is 0 Å². The van der Waals surface area contributed by atoms with Crippen molar-refractivity contribution in [2.75, 3.05) is 0 Å². The molecular formula is Cl6Na3Rh. The first-order valence-corrected chi connectivity index (χ1v) is 13.4. The van der Waals surface area contributed by atoms with Crippen molar-refractivity contribution < 1.29 is 6.48 Å². The van der Waals surface area contributed by atoms with Crippen LogP contribution in [0.3, 0.4) is 0 Å². The van der Waals surface area contributed by atoms with Gasteiger partial charge in [-0.3, -0.25) is 0 Å². The van der Waals surface area contributed by atoms with Crippen LogP contribution in [0.5, 0.6) is 0 Å². The largest absolute Gasteiger partial charge is 0 e. The van der Waals surface area contributed by atoms with Gasteiger partial charge in [0.05, 0.1) is 0 Å². The fraction of sp³-hybridized carbons (Fsp3) is 0. The topological polar surface area (TPSA) is 0 Å². The van der Waals surface area contributed by atoms with E-state index >= 15 is 0 Å². The Morgan fingerprint density at radius 1 is 0.500 bits per heavy atom. The predicted molar refractivity (Wildman–Crippen MR) is 52.4 cm³/mol. The van der Waals surface area contributed by atoms with Crippen LogP contribution in [-0.4, -0.2) is 88.7 Å². The molecule has 0 aromatic carbocycles. The zero-order chi connectivity index (χ0) is 6.41. The maximum Gasteiger partial charge on any atom is 0 e. The van der Waals surface area contributed by atoms with Gasteiger partial charge < -0.3 is 0 Å². The summed E-state index contributed by atoms with van der Waals surface area (Å²) < 4.78 is 0. The first kappa shape index (κ1) is 24.5. The second kappa shape index (κ2) is 6.19. The Morgan fingerprint density at radius 2 is 0.500 bits per heavy atom. The fourth-order valence-corrected chi connectivity index (χ4v) is 0. The first-order valence-electron chi connectivity index (χ1n) is 0.756. The molecule has 0 aliphatic rings. The molecule has 0 saturated carbocycles. The van der Waals surface area contributed by atoms with Crippen molar-refractivity contribution in [2.24, 2.45) is 0 Å². The number of hydrogen-bond donors (Lipinski definition) is 0. The summed E-state index contributed by atoms with van der Waals surface area (Å²) >= 11 is 0. The molecule has 0 saturated heterocycles. The summed E-state index contributed by atoms with van der Waals surface area (Å²) in [6, 6.07) is 0. The third kappa shape index (κ3) is 71.0. The molecule has 0 aromatic rings. The number of rotatable bonds is 0. The molecule has 0 spiro atoms. The molecule has 0 heterocycles. The van der Waals surface area contributed by atoms with Gasteiger partial charge in [0.2, 0.25) is 0 Å². The molecular weight excluding hydrogens is 385 g/mol. The molecule has 0 aliphatic carbocycles. The molecule has 0 nitrogen and oxygen atoms in total. The van der Waals surface area contributed by atoms with Crippen molar-refractivity contribution >= 4 is 147 Å². The van der Waals surface area contributed by atoms with E-state index in [0.29, 0.717) is 0 Å². The van der Waals surface area contributed by atoms with Gasteiger partial charge in [-0.25, -0.2) is 0 Å². The molecule has 0 unspecified atom stereocenters. The predicted octanol–water partition coefficient (Wildman–Crippen LogP) is 2.99. The van der Waals surface area contributed by atoms with Crippen LogP contribution in [0.1, 0.15) is 0 Å². The van der Waals surface area contributed by atoms with Crippen LogP contribution in [0.4, 0.5) is 0 Å². The van der Waals surface area contributed by atoms with Gasteiger partial charge in [0, 0.05) is 88.7 Å². The van der Waals surface area contributed by atoms with Crippen LogP contribution >= 0.6 is 58.1 Å². The van der Waals surface area contributed by atoms with Crippen molar-refractivity contribution in [1.82, 2.24) is 0 Å². The summed E-state index contributed by atoms with van der Waals surface area (Å²) in [6.45, 7) is -5.15. The molecule has 3 radical (unpaired) electrons. The molecule has 0 aliphatic heterocycles. The minimum Gasteiger partial charge on any atom is 0 e. The Labute approximate surface area is 149 Å². The second-order valence-electron chi connectivity index (χ2n) is 0.714. The Morgan fingerprint density at radius 3 is 0.500 bits per heavy atom. The van der Waals surface area contributed by atoms with E-state index in [-0.39, 0.29) is 88.7 Å². The summed E-state index contributed by atoms with van der Waals surface area (Å²) in [5.74, 6) is 0. The first-order chi connectivity index (χ1) is 2.45. The summed E-state index contributed by atoms with van der Waals surface area (Å²) in [5.41, 5.74) is 0. The van der Waals surface area contributed by atoms with E-state index in [1.165, 1.54) is 0 Å². The molecule has 0 rings (SSSR count). The third-order valence-corrected chi connectivity index (χ3v) is 0. The summed E-state index contributed by atoms with van der Waals surface area (Å²) in [5, 5.41) is 0. The molecule has 0 bridgehead atoms. The number of halogens is 6.